The van der Waals surface area contributed by atoms with Crippen LogP contribution < -0.4 is 10.6 Å². The van der Waals surface area contributed by atoms with Gasteiger partial charge in [-0.2, -0.15) is 5.10 Å². The molecule has 3 heterocycles. The highest BCUT2D eigenvalue weighted by Crippen LogP contribution is 2.55. The van der Waals surface area contributed by atoms with Crippen molar-refractivity contribution in [3.63, 3.8) is 0 Å². The summed E-state index contributed by atoms with van der Waals surface area (Å²) < 4.78 is 3.74. The van der Waals surface area contributed by atoms with Gasteiger partial charge in [0, 0.05) is 45.0 Å². The number of nitrogens with one attached hydrogen (secondary N) is 2. The van der Waals surface area contributed by atoms with Gasteiger partial charge in [0.15, 0.2) is 0 Å². The van der Waals surface area contributed by atoms with Crippen LogP contribution in [0.3, 0.4) is 0 Å². The quantitative estimate of drug-likeness (QED) is 0.456. The zero-order chi connectivity index (χ0) is 27.2. The van der Waals surface area contributed by atoms with Gasteiger partial charge in [0.2, 0.25) is 11.9 Å². The summed E-state index contributed by atoms with van der Waals surface area (Å²) in [5.74, 6) is 0.320. The van der Waals surface area contributed by atoms with Crippen molar-refractivity contribution < 1.29 is 9.59 Å². The molecule has 2 fully saturated rings. The molecule has 2 aromatic heterocycles. The van der Waals surface area contributed by atoms with Gasteiger partial charge in [0.05, 0.1) is 11.0 Å². The van der Waals surface area contributed by atoms with Gasteiger partial charge in [-0.15, -0.1) is 0 Å². The normalized spacial score (nSPS) is 22.0. The maximum Gasteiger partial charge on any atom is 0.276 e. The van der Waals surface area contributed by atoms with Crippen molar-refractivity contribution in [2.45, 2.75) is 65.6 Å². The monoisotopic (exact) mass is 517 g/mol. The standard InChI is InChI=1S/C29H39N7O2/c1-7-25(37)35-13-11-29(18-35)15-21(16-29)36-23-9-8-20(17-30-19(2)28(3,4)5)14-22(23)32-27(36)33-26(38)24-10-12-31-34(24)6/h7-10,12,14,19,21,30H,1,11,13,15-18H2,2-6H3,(H,32,33,38)/t19-,21?,29?/m0/s1. The lowest BCUT2D eigenvalue weighted by atomic mass is 9.64. The number of hydrogen-bond acceptors (Lipinski definition) is 5. The van der Waals surface area contributed by atoms with Crippen LogP contribution in [0.25, 0.3) is 11.0 Å². The molecule has 1 saturated carbocycles. The van der Waals surface area contributed by atoms with Crippen molar-refractivity contribution in [2.24, 2.45) is 17.9 Å². The van der Waals surface area contributed by atoms with Crippen LogP contribution in [0.2, 0.25) is 0 Å². The van der Waals surface area contributed by atoms with E-state index in [0.717, 1.165) is 55.5 Å². The Morgan fingerprint density at radius 1 is 1.26 bits per heavy atom. The van der Waals surface area contributed by atoms with Crippen molar-refractivity contribution in [3.05, 3.63) is 54.4 Å². The predicted molar refractivity (Wildman–Crippen MR) is 149 cm³/mol. The lowest BCUT2D eigenvalue weighted by Crippen LogP contribution is -2.42. The van der Waals surface area contributed by atoms with Crippen molar-refractivity contribution in [1.82, 2.24) is 29.5 Å². The number of aromatic nitrogens is 4. The summed E-state index contributed by atoms with van der Waals surface area (Å²) in [5.41, 5.74) is 3.79. The Morgan fingerprint density at radius 3 is 2.68 bits per heavy atom. The van der Waals surface area contributed by atoms with Crippen LogP contribution in [0, 0.1) is 10.8 Å². The fraction of sp³-hybridized carbons (Fsp3) is 0.517. The Hall–Kier alpha value is -3.46. The number of imidazole rings is 1. The predicted octanol–water partition coefficient (Wildman–Crippen LogP) is 4.29. The minimum Gasteiger partial charge on any atom is -0.339 e. The van der Waals surface area contributed by atoms with Gasteiger partial charge in [-0.25, -0.2) is 4.98 Å². The number of anilines is 1. The number of carbonyl (C=O) groups is 2. The molecule has 2 amide bonds. The first-order chi connectivity index (χ1) is 18.0. The van der Waals surface area contributed by atoms with Gasteiger partial charge < -0.3 is 14.8 Å². The zero-order valence-corrected chi connectivity index (χ0v) is 23.1. The molecule has 5 rings (SSSR count). The Bertz CT molecular complexity index is 1370. The first-order valence-electron chi connectivity index (χ1n) is 13.4. The van der Waals surface area contributed by atoms with Gasteiger partial charge in [0.25, 0.3) is 5.91 Å². The summed E-state index contributed by atoms with van der Waals surface area (Å²) in [4.78, 5) is 32.1. The second-order valence-corrected chi connectivity index (χ2v) is 12.2. The number of benzene rings is 1. The maximum atomic E-state index is 13.1. The fourth-order valence-electron chi connectivity index (χ4n) is 5.76. The maximum absolute atomic E-state index is 13.1. The van der Waals surface area contributed by atoms with Gasteiger partial charge in [-0.05, 0) is 66.9 Å². The first kappa shape index (κ1) is 26.2. The van der Waals surface area contributed by atoms with E-state index in [1.54, 1.807) is 24.0 Å². The number of rotatable bonds is 7. The highest BCUT2D eigenvalue weighted by atomic mass is 16.2. The molecular formula is C29H39N7O2. The van der Waals surface area contributed by atoms with Crippen LogP contribution in [0.5, 0.6) is 0 Å². The molecule has 202 valence electrons. The molecule has 0 radical (unpaired) electrons. The van der Waals surface area contributed by atoms with E-state index in [9.17, 15) is 9.59 Å². The summed E-state index contributed by atoms with van der Waals surface area (Å²) in [5, 5.41) is 10.8. The van der Waals surface area contributed by atoms with Crippen LogP contribution in [-0.2, 0) is 18.4 Å². The number of aryl methyl sites for hydroxylation is 1. The average Bonchev–Trinajstić information content (AvgIpc) is 3.56. The van der Waals surface area contributed by atoms with E-state index < -0.39 is 0 Å². The van der Waals surface area contributed by atoms with Crippen molar-refractivity contribution in [1.29, 1.82) is 0 Å². The van der Waals surface area contributed by atoms with Crippen molar-refractivity contribution >= 4 is 28.8 Å². The summed E-state index contributed by atoms with van der Waals surface area (Å²) in [6, 6.07) is 8.63. The summed E-state index contributed by atoms with van der Waals surface area (Å²) in [7, 11) is 1.75. The van der Waals surface area contributed by atoms with Crippen LogP contribution in [0.15, 0.2) is 43.1 Å². The SMILES string of the molecule is C=CC(=O)N1CCC2(CC(n3c(NC(=O)c4ccnn4C)nc4cc(CN[C@@H](C)C(C)(C)C)ccc43)C2)C1. The van der Waals surface area contributed by atoms with Crippen LogP contribution in [-0.4, -0.2) is 55.2 Å². The van der Waals surface area contributed by atoms with E-state index in [-0.39, 0.29) is 28.7 Å². The average molecular weight is 518 g/mol. The molecule has 1 atom stereocenters. The van der Waals surface area contributed by atoms with Gasteiger partial charge in [-0.1, -0.05) is 33.4 Å². The minimum atomic E-state index is -0.236. The van der Waals surface area contributed by atoms with Gasteiger partial charge >= 0.3 is 0 Å². The topological polar surface area (TPSA) is 97.1 Å². The second kappa shape index (κ2) is 9.69. The Labute approximate surface area is 224 Å². The molecule has 3 aromatic rings. The molecule has 0 bridgehead atoms. The third kappa shape index (κ3) is 4.87. The van der Waals surface area contributed by atoms with E-state index in [0.29, 0.717) is 17.7 Å². The molecule has 9 heteroatoms. The molecule has 2 aliphatic rings. The lowest BCUT2D eigenvalue weighted by molar-refractivity contribution is -0.125. The smallest absolute Gasteiger partial charge is 0.276 e. The Kier molecular flexibility index (Phi) is 6.67. The Morgan fingerprint density at radius 2 is 2.03 bits per heavy atom. The van der Waals surface area contributed by atoms with E-state index >= 15 is 0 Å². The van der Waals surface area contributed by atoms with E-state index in [1.807, 2.05) is 4.90 Å². The van der Waals surface area contributed by atoms with Crippen molar-refractivity contribution in [3.8, 4) is 0 Å². The van der Waals surface area contributed by atoms with E-state index in [4.69, 9.17) is 4.98 Å². The molecule has 38 heavy (non-hydrogen) atoms. The molecule has 1 saturated heterocycles. The lowest BCUT2D eigenvalue weighted by Gasteiger charge is -2.46. The molecule has 1 aliphatic carbocycles. The second-order valence-electron chi connectivity index (χ2n) is 12.2. The summed E-state index contributed by atoms with van der Waals surface area (Å²) >= 11 is 0. The summed E-state index contributed by atoms with van der Waals surface area (Å²) in [6.07, 6.45) is 5.90. The highest BCUT2D eigenvalue weighted by molar-refractivity contribution is 6.03. The zero-order valence-electron chi connectivity index (χ0n) is 23.1. The fourth-order valence-corrected chi connectivity index (χ4v) is 5.76. The molecule has 2 N–H and O–H groups in total. The largest absolute Gasteiger partial charge is 0.339 e. The number of hydrogen-bond donors (Lipinski definition) is 2. The molecule has 1 aromatic carbocycles. The summed E-state index contributed by atoms with van der Waals surface area (Å²) in [6.45, 7) is 14.8. The molecular weight excluding hydrogens is 478 g/mol. The molecule has 1 aliphatic heterocycles. The number of nitrogens with zero attached hydrogens (tertiary/aromatic N) is 5. The van der Waals surface area contributed by atoms with E-state index in [2.05, 4.69) is 72.8 Å². The number of amides is 2. The van der Waals surface area contributed by atoms with Crippen LogP contribution >= 0.6 is 0 Å². The van der Waals surface area contributed by atoms with Crippen molar-refractivity contribution in [2.75, 3.05) is 18.4 Å². The number of likely N-dealkylation sites (tertiary alicyclic amines) is 1. The Balaban J connectivity index is 1.41. The number of fused-ring (bicyclic) bond motifs is 1. The van der Waals surface area contributed by atoms with Crippen LogP contribution in [0.4, 0.5) is 5.95 Å². The minimum absolute atomic E-state index is 0.00412. The van der Waals surface area contributed by atoms with Crippen LogP contribution in [0.1, 0.15) is 69.1 Å². The third-order valence-corrected chi connectivity index (χ3v) is 8.57. The number of carbonyl (C=O) groups excluding carboxylic acids is 2. The van der Waals surface area contributed by atoms with E-state index in [1.165, 1.54) is 6.08 Å². The molecule has 0 unspecified atom stereocenters. The molecule has 9 nitrogen and oxygen atoms in total. The van der Waals surface area contributed by atoms with Gasteiger partial charge in [-0.3, -0.25) is 19.6 Å². The third-order valence-electron chi connectivity index (χ3n) is 8.57. The first-order valence-corrected chi connectivity index (χ1v) is 13.4. The molecule has 1 spiro atoms. The highest BCUT2D eigenvalue weighted by Gasteiger charge is 2.50. The van der Waals surface area contributed by atoms with Gasteiger partial charge in [0.1, 0.15) is 5.69 Å².